The molecule has 0 bridgehead atoms. The smallest absolute Gasteiger partial charge is 0.328 e. The van der Waals surface area contributed by atoms with Crippen molar-refractivity contribution >= 4 is 5.91 Å². The van der Waals surface area contributed by atoms with Gasteiger partial charge in [-0.05, 0) is 12.0 Å². The van der Waals surface area contributed by atoms with E-state index < -0.39 is 11.2 Å². The molecule has 1 heterocycles. The van der Waals surface area contributed by atoms with Gasteiger partial charge in [-0.2, -0.15) is 5.26 Å². The number of carbonyl (C=O) groups excluding carboxylic acids is 1. The number of carbonyl (C=O) groups is 1. The minimum atomic E-state index is -0.724. The van der Waals surface area contributed by atoms with E-state index in [4.69, 9.17) is 5.26 Å². The third-order valence-electron chi connectivity index (χ3n) is 3.66. The first kappa shape index (κ1) is 17.2. The Morgan fingerprint density at radius 2 is 2.04 bits per heavy atom. The van der Waals surface area contributed by atoms with Crippen molar-refractivity contribution in [3.05, 3.63) is 68.5 Å². The van der Waals surface area contributed by atoms with Gasteiger partial charge in [-0.1, -0.05) is 37.3 Å². The predicted octanol–water partition coefficient (Wildman–Crippen LogP) is 1.07. The van der Waals surface area contributed by atoms with Gasteiger partial charge in [0.1, 0.15) is 11.6 Å². The summed E-state index contributed by atoms with van der Waals surface area (Å²) in [6.45, 7) is 2.06. The maximum absolute atomic E-state index is 12.1. The van der Waals surface area contributed by atoms with Crippen LogP contribution in [-0.2, 0) is 11.3 Å². The van der Waals surface area contributed by atoms with Crippen molar-refractivity contribution in [3.63, 3.8) is 0 Å². The number of amides is 1. The third-order valence-corrected chi connectivity index (χ3v) is 3.66. The molecule has 2 rings (SSSR count). The van der Waals surface area contributed by atoms with Crippen LogP contribution in [-0.4, -0.2) is 15.5 Å². The molecule has 0 aliphatic rings. The van der Waals surface area contributed by atoms with Crippen molar-refractivity contribution in [2.45, 2.75) is 32.4 Å². The molecule has 0 radical (unpaired) electrons. The van der Waals surface area contributed by atoms with Crippen molar-refractivity contribution in [1.29, 1.82) is 5.26 Å². The average Bonchev–Trinajstić information content (AvgIpc) is 2.59. The Morgan fingerprint density at radius 1 is 1.33 bits per heavy atom. The van der Waals surface area contributed by atoms with Gasteiger partial charge in [-0.15, -0.1) is 0 Å². The molecule has 0 aliphatic heterocycles. The van der Waals surface area contributed by atoms with Gasteiger partial charge in [0.25, 0.3) is 5.56 Å². The molecule has 1 unspecified atom stereocenters. The lowest BCUT2D eigenvalue weighted by Gasteiger charge is -2.17. The quantitative estimate of drug-likeness (QED) is 0.827. The standard InChI is InChI=1S/C17H18N4O3/c1-2-14(12-6-4-3-5-7-12)19-15(22)8-9-21-11-13(10-18)16(23)20-17(21)24/h3-7,11,14H,2,8-9H2,1H3,(H,19,22)(H,20,23,24). The lowest BCUT2D eigenvalue weighted by molar-refractivity contribution is -0.122. The Hall–Kier alpha value is -3.14. The summed E-state index contributed by atoms with van der Waals surface area (Å²) in [5, 5.41) is 11.7. The average molecular weight is 326 g/mol. The van der Waals surface area contributed by atoms with E-state index >= 15 is 0 Å². The normalized spacial score (nSPS) is 11.5. The van der Waals surface area contributed by atoms with Gasteiger partial charge in [0, 0.05) is 19.2 Å². The number of hydrogen-bond acceptors (Lipinski definition) is 4. The van der Waals surface area contributed by atoms with Gasteiger partial charge in [-0.25, -0.2) is 4.79 Å². The molecule has 1 aromatic heterocycles. The SMILES string of the molecule is CCC(NC(=O)CCn1cc(C#N)c(=O)[nH]c1=O)c1ccccc1. The van der Waals surface area contributed by atoms with E-state index in [1.54, 1.807) is 6.07 Å². The first-order valence-corrected chi connectivity index (χ1v) is 7.63. The summed E-state index contributed by atoms with van der Waals surface area (Å²) in [6, 6.07) is 11.2. The highest BCUT2D eigenvalue weighted by atomic mass is 16.2. The molecule has 7 heteroatoms. The van der Waals surface area contributed by atoms with E-state index in [9.17, 15) is 14.4 Å². The van der Waals surface area contributed by atoms with Crippen LogP contribution in [0.2, 0.25) is 0 Å². The molecule has 1 aromatic carbocycles. The monoisotopic (exact) mass is 326 g/mol. The number of benzene rings is 1. The topological polar surface area (TPSA) is 108 Å². The molecule has 24 heavy (non-hydrogen) atoms. The number of nitriles is 1. The molecule has 0 spiro atoms. The number of hydrogen-bond donors (Lipinski definition) is 2. The maximum atomic E-state index is 12.1. The molecule has 2 N–H and O–H groups in total. The van der Waals surface area contributed by atoms with Gasteiger partial charge >= 0.3 is 5.69 Å². The van der Waals surface area contributed by atoms with E-state index in [-0.39, 0.29) is 30.5 Å². The van der Waals surface area contributed by atoms with E-state index in [0.717, 1.165) is 16.6 Å². The zero-order chi connectivity index (χ0) is 17.5. The highest BCUT2D eigenvalue weighted by Gasteiger charge is 2.13. The first-order valence-electron chi connectivity index (χ1n) is 7.63. The van der Waals surface area contributed by atoms with Gasteiger partial charge in [0.05, 0.1) is 6.04 Å². The molecule has 124 valence electrons. The number of nitrogens with zero attached hydrogens (tertiary/aromatic N) is 2. The van der Waals surface area contributed by atoms with Crippen molar-refractivity contribution < 1.29 is 4.79 Å². The summed E-state index contributed by atoms with van der Waals surface area (Å²) >= 11 is 0. The lowest BCUT2D eigenvalue weighted by Crippen LogP contribution is -2.33. The van der Waals surface area contributed by atoms with E-state index in [1.807, 2.05) is 37.3 Å². The van der Waals surface area contributed by atoms with Crippen LogP contribution in [0, 0.1) is 11.3 Å². The summed E-state index contributed by atoms with van der Waals surface area (Å²) in [4.78, 5) is 37.2. The maximum Gasteiger partial charge on any atom is 0.328 e. The molecular formula is C17H18N4O3. The van der Waals surface area contributed by atoms with Crippen molar-refractivity contribution in [2.24, 2.45) is 0 Å². The van der Waals surface area contributed by atoms with E-state index in [1.165, 1.54) is 6.20 Å². The van der Waals surface area contributed by atoms with Gasteiger partial charge in [0.2, 0.25) is 5.91 Å². The Kier molecular flexibility index (Phi) is 5.68. The van der Waals surface area contributed by atoms with Gasteiger partial charge in [-0.3, -0.25) is 19.1 Å². The second-order valence-corrected chi connectivity index (χ2v) is 5.30. The van der Waals surface area contributed by atoms with Crippen LogP contribution in [0.1, 0.15) is 36.9 Å². The Morgan fingerprint density at radius 3 is 2.67 bits per heavy atom. The third kappa shape index (κ3) is 4.20. The molecule has 0 aliphatic carbocycles. The second-order valence-electron chi connectivity index (χ2n) is 5.30. The number of aromatic amines is 1. The van der Waals surface area contributed by atoms with Crippen LogP contribution >= 0.6 is 0 Å². The van der Waals surface area contributed by atoms with Crippen LogP contribution < -0.4 is 16.6 Å². The molecule has 0 saturated carbocycles. The summed E-state index contributed by atoms with van der Waals surface area (Å²) in [5.41, 5.74) is -0.507. The molecular weight excluding hydrogens is 308 g/mol. The summed E-state index contributed by atoms with van der Waals surface area (Å²) in [5.74, 6) is -0.206. The zero-order valence-electron chi connectivity index (χ0n) is 13.3. The molecule has 0 fully saturated rings. The zero-order valence-corrected chi connectivity index (χ0v) is 13.3. The van der Waals surface area contributed by atoms with Crippen LogP contribution in [0.5, 0.6) is 0 Å². The highest BCUT2D eigenvalue weighted by molar-refractivity contribution is 5.76. The molecule has 7 nitrogen and oxygen atoms in total. The summed E-state index contributed by atoms with van der Waals surface area (Å²) in [7, 11) is 0. The van der Waals surface area contributed by atoms with Crippen LogP contribution in [0.25, 0.3) is 0 Å². The number of nitrogens with one attached hydrogen (secondary N) is 2. The summed E-state index contributed by atoms with van der Waals surface area (Å²) < 4.78 is 1.16. The number of rotatable bonds is 6. The van der Waals surface area contributed by atoms with Crippen molar-refractivity contribution in [2.75, 3.05) is 0 Å². The van der Waals surface area contributed by atoms with Gasteiger partial charge < -0.3 is 5.32 Å². The number of H-pyrrole nitrogens is 1. The molecule has 1 amide bonds. The highest BCUT2D eigenvalue weighted by Crippen LogP contribution is 2.15. The fourth-order valence-electron chi connectivity index (χ4n) is 2.35. The second kappa shape index (κ2) is 7.92. The fraction of sp³-hybridized carbons (Fsp3) is 0.294. The van der Waals surface area contributed by atoms with E-state index in [0.29, 0.717) is 0 Å². The Labute approximate surface area is 138 Å². The van der Waals surface area contributed by atoms with Crippen LogP contribution in [0.4, 0.5) is 0 Å². The van der Waals surface area contributed by atoms with Crippen LogP contribution in [0.3, 0.4) is 0 Å². The van der Waals surface area contributed by atoms with Crippen molar-refractivity contribution in [3.8, 4) is 6.07 Å². The minimum Gasteiger partial charge on any atom is -0.349 e. The Balaban J connectivity index is 2.02. The molecule has 0 saturated heterocycles. The lowest BCUT2D eigenvalue weighted by atomic mass is 10.0. The largest absolute Gasteiger partial charge is 0.349 e. The first-order chi connectivity index (χ1) is 11.5. The minimum absolute atomic E-state index is 0.0696. The Bertz CT molecular complexity index is 862. The predicted molar refractivity (Wildman–Crippen MR) is 88.3 cm³/mol. The van der Waals surface area contributed by atoms with Crippen LogP contribution in [0.15, 0.2) is 46.1 Å². The number of aromatic nitrogens is 2. The molecule has 1 atom stereocenters. The molecule has 2 aromatic rings. The fourth-order valence-corrected chi connectivity index (χ4v) is 2.35. The summed E-state index contributed by atoms with van der Waals surface area (Å²) in [6.07, 6.45) is 1.98. The van der Waals surface area contributed by atoms with Crippen molar-refractivity contribution in [1.82, 2.24) is 14.9 Å². The van der Waals surface area contributed by atoms with Gasteiger partial charge in [0.15, 0.2) is 0 Å². The number of aryl methyl sites for hydroxylation is 1. The van der Waals surface area contributed by atoms with E-state index in [2.05, 4.69) is 10.3 Å².